The maximum Gasteiger partial charge on any atom is 0.318 e. The molecule has 7 rings (SSSR count). The van der Waals surface area contributed by atoms with Crippen molar-refractivity contribution in [3.05, 3.63) is 64.8 Å². The Balaban J connectivity index is 1.16. The number of benzene rings is 2. The molecule has 1 unspecified atom stereocenters. The van der Waals surface area contributed by atoms with Crippen LogP contribution < -0.4 is 14.5 Å². The fourth-order valence-electron chi connectivity index (χ4n) is 7.41. The maximum absolute atomic E-state index is 14.6. The third kappa shape index (κ3) is 6.20. The predicted octanol–water partition coefficient (Wildman–Crippen LogP) is 4.64. The van der Waals surface area contributed by atoms with Gasteiger partial charge < -0.3 is 24.2 Å². The quantitative estimate of drug-likeness (QED) is 0.240. The SMILES string of the molecule is C=C(F)C(=O)N1CCN(c2nc(OCCCN3C[C@@H]4CC3CO4)nc3c2CCN(c2cccc4ccc(F)c(Cl)c24)C3)C[C@@H]1CC#N. The Labute approximate surface area is 277 Å². The van der Waals surface area contributed by atoms with Gasteiger partial charge in [-0.05, 0) is 36.8 Å². The third-order valence-corrected chi connectivity index (χ3v) is 10.1. The highest BCUT2D eigenvalue weighted by molar-refractivity contribution is 6.36. The van der Waals surface area contributed by atoms with Crippen molar-refractivity contribution >= 4 is 39.8 Å². The molecule has 2 aromatic carbocycles. The lowest BCUT2D eigenvalue weighted by Gasteiger charge is -2.42. The molecule has 1 aromatic heterocycles. The van der Waals surface area contributed by atoms with Gasteiger partial charge in [0, 0.05) is 61.9 Å². The van der Waals surface area contributed by atoms with Crippen LogP contribution in [0, 0.1) is 17.1 Å². The van der Waals surface area contributed by atoms with Crippen molar-refractivity contribution in [3.8, 4) is 12.1 Å². The standard InChI is InChI=1S/C34H36ClF2N7O3/c1-21(36)33(45)44-14-13-43(17-23(44)8-10-38)32-26-9-12-42(29-5-2-4-22-6-7-27(37)31(35)30(22)29)19-28(26)39-34(40-32)46-15-3-11-41-18-25-16-24(41)20-47-25/h2,4-7,23-25H,1,3,8-9,11-20H2/t23-,24?,25-/m0/s1. The molecule has 47 heavy (non-hydrogen) atoms. The zero-order valence-electron chi connectivity index (χ0n) is 26.0. The highest BCUT2D eigenvalue weighted by Crippen LogP contribution is 2.38. The maximum atomic E-state index is 14.6. The van der Waals surface area contributed by atoms with Gasteiger partial charge in [-0.2, -0.15) is 15.2 Å². The van der Waals surface area contributed by atoms with Crippen LogP contribution >= 0.6 is 11.6 Å². The summed E-state index contributed by atoms with van der Waals surface area (Å²) in [6.45, 7) is 8.20. The average Bonchev–Trinajstić information content (AvgIpc) is 3.71. The zero-order valence-corrected chi connectivity index (χ0v) is 26.8. The normalized spacial score (nSPS) is 22.4. The summed E-state index contributed by atoms with van der Waals surface area (Å²) in [6.07, 6.45) is 2.88. The van der Waals surface area contributed by atoms with E-state index in [1.165, 1.54) is 11.0 Å². The molecule has 1 amide bonds. The Kier molecular flexibility index (Phi) is 8.87. The second-order valence-electron chi connectivity index (χ2n) is 12.6. The number of hydrogen-bond acceptors (Lipinski definition) is 9. The monoisotopic (exact) mass is 663 g/mol. The molecule has 0 N–H and O–H groups in total. The Morgan fingerprint density at radius 2 is 2.04 bits per heavy atom. The molecule has 10 nitrogen and oxygen atoms in total. The first-order valence-electron chi connectivity index (χ1n) is 16.1. The van der Waals surface area contributed by atoms with Crippen LogP contribution in [0.1, 0.15) is 30.5 Å². The molecule has 0 spiro atoms. The Morgan fingerprint density at radius 3 is 2.81 bits per heavy atom. The van der Waals surface area contributed by atoms with Crippen LogP contribution in [0.2, 0.25) is 5.02 Å². The Hall–Kier alpha value is -4.05. The van der Waals surface area contributed by atoms with Gasteiger partial charge in [0.25, 0.3) is 5.91 Å². The van der Waals surface area contributed by atoms with Crippen LogP contribution in [0.5, 0.6) is 6.01 Å². The van der Waals surface area contributed by atoms with Crippen molar-refractivity contribution in [1.82, 2.24) is 19.8 Å². The molecular formula is C34H36ClF2N7O3. The molecule has 2 bridgehead atoms. The molecule has 0 saturated carbocycles. The molecule has 5 heterocycles. The molecule has 3 fully saturated rings. The van der Waals surface area contributed by atoms with E-state index in [0.29, 0.717) is 62.6 Å². The molecule has 4 aliphatic heterocycles. The van der Waals surface area contributed by atoms with Gasteiger partial charge in [0.1, 0.15) is 11.6 Å². The summed E-state index contributed by atoms with van der Waals surface area (Å²) in [5.41, 5.74) is 2.55. The fourth-order valence-corrected chi connectivity index (χ4v) is 7.68. The minimum atomic E-state index is -1.04. The number of carbonyl (C=O) groups excluding carboxylic acids is 1. The van der Waals surface area contributed by atoms with Crippen molar-refractivity contribution in [3.63, 3.8) is 0 Å². The number of rotatable bonds is 9. The van der Waals surface area contributed by atoms with Crippen molar-refractivity contribution in [2.75, 3.05) is 62.3 Å². The molecule has 0 radical (unpaired) electrons. The lowest BCUT2D eigenvalue weighted by atomic mass is 10.0. The highest BCUT2D eigenvalue weighted by atomic mass is 35.5. The van der Waals surface area contributed by atoms with Crippen LogP contribution in [0.25, 0.3) is 10.8 Å². The second kappa shape index (κ2) is 13.2. The first kappa shape index (κ1) is 31.5. The van der Waals surface area contributed by atoms with Gasteiger partial charge in [0.15, 0.2) is 5.83 Å². The van der Waals surface area contributed by atoms with E-state index in [1.54, 1.807) is 6.07 Å². The number of piperazine rings is 1. The summed E-state index contributed by atoms with van der Waals surface area (Å²) >= 11 is 6.49. The summed E-state index contributed by atoms with van der Waals surface area (Å²) in [5, 5.41) is 11.1. The fraction of sp³-hybridized carbons (Fsp3) is 0.471. The van der Waals surface area contributed by atoms with Gasteiger partial charge in [-0.3, -0.25) is 9.69 Å². The van der Waals surface area contributed by atoms with Gasteiger partial charge in [-0.15, -0.1) is 0 Å². The number of fused-ring (bicyclic) bond motifs is 4. The molecule has 13 heteroatoms. The molecular weight excluding hydrogens is 628 g/mol. The predicted molar refractivity (Wildman–Crippen MR) is 174 cm³/mol. The minimum Gasteiger partial charge on any atom is -0.463 e. The number of halogens is 3. The summed E-state index contributed by atoms with van der Waals surface area (Å²) in [7, 11) is 0. The van der Waals surface area contributed by atoms with Crippen molar-refractivity contribution in [2.24, 2.45) is 0 Å². The molecule has 4 aliphatic rings. The summed E-state index contributed by atoms with van der Waals surface area (Å²) in [6, 6.07) is 11.2. The van der Waals surface area contributed by atoms with E-state index in [4.69, 9.17) is 31.0 Å². The van der Waals surface area contributed by atoms with E-state index < -0.39 is 23.6 Å². The summed E-state index contributed by atoms with van der Waals surface area (Å²) in [5.74, 6) is -1.62. The van der Waals surface area contributed by atoms with Gasteiger partial charge in [0.2, 0.25) is 0 Å². The Bertz CT molecular complexity index is 1750. The topological polar surface area (TPSA) is 98.1 Å². The summed E-state index contributed by atoms with van der Waals surface area (Å²) < 4.78 is 40.3. The second-order valence-corrected chi connectivity index (χ2v) is 12.9. The van der Waals surface area contributed by atoms with E-state index in [2.05, 4.69) is 22.4 Å². The van der Waals surface area contributed by atoms with Crippen molar-refractivity contribution < 1.29 is 23.0 Å². The number of ether oxygens (including phenoxy) is 2. The van der Waals surface area contributed by atoms with Gasteiger partial charge in [-0.1, -0.05) is 36.4 Å². The number of hydrogen-bond donors (Lipinski definition) is 0. The number of carbonyl (C=O) groups is 1. The minimum absolute atomic E-state index is 0.0434. The lowest BCUT2D eigenvalue weighted by Crippen LogP contribution is -2.55. The van der Waals surface area contributed by atoms with Gasteiger partial charge in [-0.25, -0.2) is 8.78 Å². The van der Waals surface area contributed by atoms with E-state index in [0.717, 1.165) is 54.9 Å². The number of nitriles is 1. The van der Waals surface area contributed by atoms with E-state index >= 15 is 0 Å². The number of morpholine rings is 1. The largest absolute Gasteiger partial charge is 0.463 e. The van der Waals surface area contributed by atoms with E-state index in [-0.39, 0.29) is 24.0 Å². The number of aromatic nitrogens is 2. The molecule has 246 valence electrons. The summed E-state index contributed by atoms with van der Waals surface area (Å²) in [4.78, 5) is 30.3. The van der Waals surface area contributed by atoms with Crippen molar-refractivity contribution in [1.29, 1.82) is 5.26 Å². The Morgan fingerprint density at radius 1 is 1.17 bits per heavy atom. The van der Waals surface area contributed by atoms with Gasteiger partial charge in [0.05, 0.1) is 55.1 Å². The van der Waals surface area contributed by atoms with E-state index in [9.17, 15) is 18.8 Å². The molecule has 0 aliphatic carbocycles. The van der Waals surface area contributed by atoms with Gasteiger partial charge >= 0.3 is 6.01 Å². The third-order valence-electron chi connectivity index (χ3n) is 9.71. The van der Waals surface area contributed by atoms with Crippen LogP contribution in [0.3, 0.4) is 0 Å². The van der Waals surface area contributed by atoms with Crippen molar-refractivity contribution in [2.45, 2.75) is 50.4 Å². The van der Waals surface area contributed by atoms with E-state index in [1.807, 2.05) is 23.1 Å². The first-order valence-corrected chi connectivity index (χ1v) is 16.5. The lowest BCUT2D eigenvalue weighted by molar-refractivity contribution is -0.131. The molecule has 3 aromatic rings. The number of likely N-dealkylation sites (tertiary alicyclic amines) is 1. The van der Waals surface area contributed by atoms with Crippen LogP contribution in [0.15, 0.2) is 42.7 Å². The van der Waals surface area contributed by atoms with Crippen LogP contribution in [-0.2, 0) is 22.5 Å². The number of amides is 1. The molecule has 3 saturated heterocycles. The smallest absolute Gasteiger partial charge is 0.318 e. The first-order chi connectivity index (χ1) is 22.8. The van der Waals surface area contributed by atoms with Crippen LogP contribution in [-0.4, -0.2) is 96.3 Å². The zero-order chi connectivity index (χ0) is 32.7. The van der Waals surface area contributed by atoms with Crippen LogP contribution in [0.4, 0.5) is 20.3 Å². The number of anilines is 2. The number of nitrogens with zero attached hydrogens (tertiary/aromatic N) is 7. The molecule has 3 atom stereocenters. The average molecular weight is 664 g/mol. The highest BCUT2D eigenvalue weighted by Gasteiger charge is 2.38.